The number of benzene rings is 2. The molecule has 8 heteroatoms. The van der Waals surface area contributed by atoms with E-state index in [1.54, 1.807) is 41.8 Å². The summed E-state index contributed by atoms with van der Waals surface area (Å²) in [4.78, 5) is 12.4. The highest BCUT2D eigenvalue weighted by atomic mass is 32.2. The molecule has 140 valence electrons. The number of pyridine rings is 1. The van der Waals surface area contributed by atoms with Crippen molar-refractivity contribution in [3.63, 3.8) is 0 Å². The summed E-state index contributed by atoms with van der Waals surface area (Å²) in [5.41, 5.74) is 1.97. The third-order valence-electron chi connectivity index (χ3n) is 4.30. The van der Waals surface area contributed by atoms with Crippen LogP contribution in [0.2, 0.25) is 0 Å². The zero-order chi connectivity index (χ0) is 19.8. The first-order valence-corrected chi connectivity index (χ1v) is 9.06. The van der Waals surface area contributed by atoms with E-state index in [-0.39, 0.29) is 5.56 Å². The van der Waals surface area contributed by atoms with Crippen molar-refractivity contribution < 1.29 is 18.7 Å². The van der Waals surface area contributed by atoms with E-state index >= 15 is 0 Å². The first-order chi connectivity index (χ1) is 13.4. The van der Waals surface area contributed by atoms with Gasteiger partial charge in [0, 0.05) is 27.6 Å². The maximum absolute atomic E-state index is 14.0. The Balaban J connectivity index is 1.79. The van der Waals surface area contributed by atoms with E-state index in [0.717, 1.165) is 17.8 Å². The van der Waals surface area contributed by atoms with Crippen molar-refractivity contribution in [2.45, 2.75) is 16.7 Å². The summed E-state index contributed by atoms with van der Waals surface area (Å²) in [5.74, 6) is -1.81. The monoisotopic (exact) mass is 397 g/mol. The van der Waals surface area contributed by atoms with Crippen LogP contribution in [0.1, 0.15) is 15.9 Å². The molecule has 0 atom stereocenters. The maximum Gasteiger partial charge on any atom is 0.335 e. The molecule has 5 nitrogen and oxygen atoms in total. The van der Waals surface area contributed by atoms with Crippen molar-refractivity contribution >= 4 is 23.4 Å². The van der Waals surface area contributed by atoms with Gasteiger partial charge in [-0.2, -0.15) is 0 Å². The maximum atomic E-state index is 14.0. The Hall–Kier alpha value is -3.26. The van der Waals surface area contributed by atoms with Crippen LogP contribution in [0.3, 0.4) is 0 Å². The minimum absolute atomic E-state index is 0.188. The molecule has 4 aromatic rings. The van der Waals surface area contributed by atoms with E-state index in [0.29, 0.717) is 32.4 Å². The minimum Gasteiger partial charge on any atom is -0.478 e. The van der Waals surface area contributed by atoms with Gasteiger partial charge in [0.25, 0.3) is 0 Å². The van der Waals surface area contributed by atoms with E-state index < -0.39 is 17.6 Å². The molecule has 0 bridgehead atoms. The number of hydrogen-bond donors (Lipinski definition) is 1. The van der Waals surface area contributed by atoms with E-state index in [9.17, 15) is 18.7 Å². The first-order valence-electron chi connectivity index (χ1n) is 8.25. The number of aromatic nitrogens is 3. The molecule has 0 fully saturated rings. The number of hydrogen-bond acceptors (Lipinski definition) is 4. The zero-order valence-corrected chi connectivity index (χ0v) is 15.4. The van der Waals surface area contributed by atoms with Gasteiger partial charge in [-0.25, -0.2) is 13.6 Å². The van der Waals surface area contributed by atoms with Crippen LogP contribution in [0.4, 0.5) is 8.78 Å². The normalized spacial score (nSPS) is 11.1. The number of halogens is 2. The van der Waals surface area contributed by atoms with Crippen molar-refractivity contribution in [3.05, 3.63) is 77.5 Å². The molecule has 0 unspecified atom stereocenters. The molecule has 0 radical (unpaired) electrons. The Morgan fingerprint density at radius 1 is 1.11 bits per heavy atom. The van der Waals surface area contributed by atoms with Crippen LogP contribution < -0.4 is 0 Å². The van der Waals surface area contributed by atoms with Crippen molar-refractivity contribution in [3.8, 4) is 11.4 Å². The average molecular weight is 397 g/mol. The van der Waals surface area contributed by atoms with Crippen LogP contribution in [0.5, 0.6) is 0 Å². The van der Waals surface area contributed by atoms with Gasteiger partial charge in [-0.15, -0.1) is 10.2 Å². The number of rotatable bonds is 4. The molecule has 0 aliphatic carbocycles. The molecular weight excluding hydrogens is 384 g/mol. The number of carbonyl (C=O) groups is 1. The van der Waals surface area contributed by atoms with Gasteiger partial charge in [-0.1, -0.05) is 23.9 Å². The summed E-state index contributed by atoms with van der Waals surface area (Å²) in [5, 5.41) is 17.7. The Morgan fingerprint density at radius 2 is 1.93 bits per heavy atom. The van der Waals surface area contributed by atoms with Crippen LogP contribution in [-0.2, 0) is 0 Å². The predicted molar refractivity (Wildman–Crippen MR) is 101 cm³/mol. The lowest BCUT2D eigenvalue weighted by atomic mass is 10.0. The number of aromatic carboxylic acids is 1. The minimum atomic E-state index is -1.02. The largest absolute Gasteiger partial charge is 0.478 e. The van der Waals surface area contributed by atoms with Crippen LogP contribution >= 0.6 is 11.8 Å². The van der Waals surface area contributed by atoms with E-state index in [4.69, 9.17) is 0 Å². The van der Waals surface area contributed by atoms with Crippen LogP contribution in [-0.4, -0.2) is 25.7 Å². The van der Waals surface area contributed by atoms with Crippen LogP contribution in [0.25, 0.3) is 17.0 Å². The van der Waals surface area contributed by atoms with Gasteiger partial charge in [-0.3, -0.25) is 4.40 Å². The van der Waals surface area contributed by atoms with Gasteiger partial charge in [-0.05, 0) is 42.8 Å². The van der Waals surface area contributed by atoms with Gasteiger partial charge in [0.2, 0.25) is 0 Å². The smallest absolute Gasteiger partial charge is 0.335 e. The average Bonchev–Trinajstić information content (AvgIpc) is 3.07. The summed E-state index contributed by atoms with van der Waals surface area (Å²) >= 11 is 1.15. The molecule has 0 aliphatic rings. The third kappa shape index (κ3) is 3.22. The Labute approximate surface area is 162 Å². The molecular formula is C20H13F2N3O2S. The SMILES string of the molecule is Cc1c(C(=O)O)cccc1-c1nnc2ccc(Sc3ccc(F)cc3F)cn12. The molecule has 28 heavy (non-hydrogen) atoms. The number of carboxylic acid groups (broad SMARTS) is 1. The highest BCUT2D eigenvalue weighted by Crippen LogP contribution is 2.32. The first kappa shape index (κ1) is 18.1. The fourth-order valence-corrected chi connectivity index (χ4v) is 3.75. The highest BCUT2D eigenvalue weighted by molar-refractivity contribution is 7.99. The predicted octanol–water partition coefficient (Wildman–Crippen LogP) is 4.83. The zero-order valence-electron chi connectivity index (χ0n) is 14.6. The van der Waals surface area contributed by atoms with Crippen LogP contribution in [0.15, 0.2) is 64.5 Å². The van der Waals surface area contributed by atoms with Gasteiger partial charge in [0.05, 0.1) is 5.56 Å². The standard InChI is InChI=1S/C20H13F2N3O2S/c1-11-14(3-2-4-15(11)20(26)27)19-24-23-18-8-6-13(10-25(18)19)28-17-7-5-12(21)9-16(17)22/h2-10H,1H3,(H,26,27). The van der Waals surface area contributed by atoms with Crippen molar-refractivity contribution in [2.24, 2.45) is 0 Å². The second-order valence-corrected chi connectivity index (χ2v) is 7.19. The summed E-state index contributed by atoms with van der Waals surface area (Å²) < 4.78 is 28.8. The second kappa shape index (κ2) is 7.05. The molecule has 0 spiro atoms. The molecule has 1 N–H and O–H groups in total. The fourth-order valence-electron chi connectivity index (χ4n) is 2.91. The lowest BCUT2D eigenvalue weighted by molar-refractivity contribution is 0.0696. The summed E-state index contributed by atoms with van der Waals surface area (Å²) in [6.45, 7) is 1.71. The topological polar surface area (TPSA) is 67.5 Å². The third-order valence-corrected chi connectivity index (χ3v) is 5.33. The Kier molecular flexibility index (Phi) is 4.56. The van der Waals surface area contributed by atoms with Crippen LogP contribution in [0, 0.1) is 18.6 Å². The van der Waals surface area contributed by atoms with Crippen molar-refractivity contribution in [1.29, 1.82) is 0 Å². The molecule has 2 heterocycles. The fraction of sp³-hybridized carbons (Fsp3) is 0.0500. The van der Waals surface area contributed by atoms with Crippen molar-refractivity contribution in [1.82, 2.24) is 14.6 Å². The van der Waals surface area contributed by atoms with Gasteiger partial charge in [0.15, 0.2) is 11.5 Å². The van der Waals surface area contributed by atoms with Gasteiger partial charge in [0.1, 0.15) is 11.6 Å². The number of fused-ring (bicyclic) bond motifs is 1. The Bertz CT molecular complexity index is 1220. The molecule has 4 rings (SSSR count). The molecule has 0 saturated carbocycles. The lowest BCUT2D eigenvalue weighted by Gasteiger charge is -2.08. The summed E-state index contributed by atoms with van der Waals surface area (Å²) in [6.07, 6.45) is 1.74. The number of carboxylic acids is 1. The molecule has 2 aromatic carbocycles. The van der Waals surface area contributed by atoms with Gasteiger partial charge < -0.3 is 5.11 Å². The second-order valence-electron chi connectivity index (χ2n) is 6.08. The van der Waals surface area contributed by atoms with Crippen molar-refractivity contribution in [2.75, 3.05) is 0 Å². The highest BCUT2D eigenvalue weighted by Gasteiger charge is 2.16. The molecule has 0 aliphatic heterocycles. The quantitative estimate of drug-likeness (QED) is 0.534. The summed E-state index contributed by atoms with van der Waals surface area (Å²) in [6, 6.07) is 11.9. The number of nitrogens with zero attached hydrogens (tertiary/aromatic N) is 3. The van der Waals surface area contributed by atoms with Gasteiger partial charge >= 0.3 is 5.97 Å². The van der Waals surface area contributed by atoms with E-state index in [1.807, 2.05) is 0 Å². The van der Waals surface area contributed by atoms with E-state index in [1.165, 1.54) is 18.2 Å². The molecule has 2 aromatic heterocycles. The molecule has 0 saturated heterocycles. The lowest BCUT2D eigenvalue weighted by Crippen LogP contribution is -2.02. The Morgan fingerprint density at radius 3 is 2.68 bits per heavy atom. The van der Waals surface area contributed by atoms with E-state index in [2.05, 4.69) is 10.2 Å². The summed E-state index contributed by atoms with van der Waals surface area (Å²) in [7, 11) is 0. The molecule has 0 amide bonds.